The van der Waals surface area contributed by atoms with Crippen LogP contribution < -0.4 is 39.9 Å². The summed E-state index contributed by atoms with van der Waals surface area (Å²) < 4.78 is 57.7. The van der Waals surface area contributed by atoms with E-state index < -0.39 is 52.1 Å². The number of benzene rings is 8. The molecule has 4 aliphatic heterocycles. The van der Waals surface area contributed by atoms with Crippen molar-refractivity contribution in [1.29, 1.82) is 0 Å². The summed E-state index contributed by atoms with van der Waals surface area (Å²) in [4.78, 5) is 0. The molecule has 0 spiro atoms. The van der Waals surface area contributed by atoms with Crippen LogP contribution in [0.25, 0.3) is 0 Å². The van der Waals surface area contributed by atoms with Crippen LogP contribution in [0.15, 0.2) is 146 Å². The van der Waals surface area contributed by atoms with Crippen molar-refractivity contribution in [2.75, 3.05) is 26.4 Å². The van der Waals surface area contributed by atoms with Crippen LogP contribution in [0.3, 0.4) is 0 Å². The van der Waals surface area contributed by atoms with Gasteiger partial charge in [0.2, 0.25) is 0 Å². The number of aromatic hydroxyl groups is 4. The summed E-state index contributed by atoms with van der Waals surface area (Å²) >= 11 is 0. The molecule has 8 N–H and O–H groups in total. The summed E-state index contributed by atoms with van der Waals surface area (Å²) in [5, 5.41) is 72.7. The molecule has 0 amide bonds. The molecule has 568 valence electrons. The maximum absolute atomic E-state index is 14.3. The van der Waals surface area contributed by atoms with Gasteiger partial charge in [-0.05, 0) is 121 Å². The highest BCUT2D eigenvalue weighted by Gasteiger charge is 2.43. The fraction of sp³-hybridized carbons (Fsp3) is 0.455. The second-order valence-corrected chi connectivity index (χ2v) is 32.1. The average molecular weight is 1460 g/mol. The molecule has 0 saturated heterocycles. The number of hydrogen-bond acceptors (Lipinski definition) is 16. The molecule has 0 aromatic heterocycles. The lowest BCUT2D eigenvalue weighted by molar-refractivity contribution is 0.233. The summed E-state index contributed by atoms with van der Waals surface area (Å²) in [6, 6.07) is 48.6. The first-order valence-corrected chi connectivity index (χ1v) is 40.1. The van der Waals surface area contributed by atoms with Gasteiger partial charge < -0.3 is 78.9 Å². The van der Waals surface area contributed by atoms with Crippen LogP contribution in [0.5, 0.6) is 46.0 Å². The summed E-state index contributed by atoms with van der Waals surface area (Å²) in [5.74, 6) is -0.372. The van der Waals surface area contributed by atoms with E-state index in [1.54, 1.807) is 0 Å². The molecule has 0 saturated carbocycles. The van der Waals surface area contributed by atoms with Crippen molar-refractivity contribution in [2.24, 2.45) is 23.7 Å². The van der Waals surface area contributed by atoms with Gasteiger partial charge >= 0.3 is 28.5 Å². The number of rotatable bonds is 16. The standard InChI is InChI=1S/C88H112B4N4O12/c1-13-89-101-49-77(57-29-21-17-22-30-57)93-45-73-81(97)65-41-69(85(73)105-89)61(37-53(5)6)66-42-70(86-74(82(66)98)46-94-78(50-102-90(14-2)106-86)58-31-23-18-24-32-58)63(39-55(9)10)68-44-72(88-76(84(68)100)48-96-80(52-104-92(16-4)108-88)60-35-27-20-28-36-60)64(40-56(11)12)67-43-71(62(65)38-54(7)8)87-75(83(67)99)47-95-79(51-103-91(15-3)107-87)59-33-25-19-26-34-59/h17-36,41-44,53-56,61-64,77-80,93-100H,13-16,37-40,45-52H2,1-12H3/t61?,62?,63?,64?,77-,78-,79-,80-/m0/s1. The van der Waals surface area contributed by atoms with E-state index in [9.17, 15) is 20.4 Å². The lowest BCUT2D eigenvalue weighted by Crippen LogP contribution is -2.30. The van der Waals surface area contributed by atoms with E-state index in [-0.39, 0.29) is 123 Å². The van der Waals surface area contributed by atoms with E-state index in [2.05, 4.69) is 177 Å². The molecular formula is C88H112B4N4O12. The lowest BCUT2D eigenvalue weighted by Gasteiger charge is -2.35. The van der Waals surface area contributed by atoms with Gasteiger partial charge in [0.15, 0.2) is 0 Å². The molecule has 20 heteroatoms. The van der Waals surface area contributed by atoms with Crippen molar-refractivity contribution < 1.29 is 57.7 Å². The Balaban J connectivity index is 1.21. The number of hydrogen-bond donors (Lipinski definition) is 8. The summed E-state index contributed by atoms with van der Waals surface area (Å²) in [5.41, 5.74) is 11.9. The molecule has 8 bridgehead atoms. The predicted molar refractivity (Wildman–Crippen MR) is 433 cm³/mol. The zero-order valence-electron chi connectivity index (χ0n) is 65.5. The maximum Gasteiger partial charge on any atom is 0.525 e. The molecule has 5 aliphatic rings. The SMILES string of the molecule is CCB1OC[C@@H](c2ccccc2)NCc2c(O)c3cc(c2O1)C(CC(C)C)c1cc(c2c(c1O)CN[C@H](c1ccccc1)COB(CC)O2)C(CC(C)C)c1cc(c2c(c1O)CN[C@H](c1ccccc1)COB(CC)O2)C(CC(C)C)c1cc(c2c(c1O)CN[C@H](c1ccccc1)COB(CC)O2)C3CC(C)C. The molecule has 0 fully saturated rings. The highest BCUT2D eigenvalue weighted by atomic mass is 16.6. The zero-order chi connectivity index (χ0) is 75.9. The average Bonchev–Trinajstić information content (AvgIpc) is 0.889. The monoisotopic (exact) mass is 1460 g/mol. The van der Waals surface area contributed by atoms with Crippen molar-refractivity contribution in [1.82, 2.24) is 21.3 Å². The third kappa shape index (κ3) is 17.2. The minimum atomic E-state index is -0.757. The molecule has 108 heavy (non-hydrogen) atoms. The second kappa shape index (κ2) is 35.4. The second-order valence-electron chi connectivity index (χ2n) is 32.1. The molecular weight excluding hydrogens is 1350 g/mol. The first kappa shape index (κ1) is 78.2. The summed E-state index contributed by atoms with van der Waals surface area (Å²) in [6.07, 6.45) is 3.97. The molecule has 4 heterocycles. The number of nitrogens with one attached hydrogen (secondary N) is 4. The molecule has 13 rings (SSSR count). The fourth-order valence-electron chi connectivity index (χ4n) is 16.9. The Labute approximate surface area is 642 Å². The Hall–Kier alpha value is -7.90. The first-order chi connectivity index (χ1) is 52.3. The zero-order valence-corrected chi connectivity index (χ0v) is 65.5. The van der Waals surface area contributed by atoms with Crippen LogP contribution in [0, 0.1) is 23.7 Å². The van der Waals surface area contributed by atoms with Crippen LogP contribution >= 0.6 is 0 Å². The molecule has 1 aliphatic carbocycles. The molecule has 0 radical (unpaired) electrons. The van der Waals surface area contributed by atoms with Crippen LogP contribution in [0.1, 0.15) is 246 Å². The third-order valence-corrected chi connectivity index (χ3v) is 22.5. The highest BCUT2D eigenvalue weighted by Crippen LogP contribution is 2.58. The van der Waals surface area contributed by atoms with Gasteiger partial charge in [0, 0.05) is 117 Å². The third-order valence-electron chi connectivity index (χ3n) is 22.5. The predicted octanol–water partition coefficient (Wildman–Crippen LogP) is 18.5. The van der Waals surface area contributed by atoms with Crippen molar-refractivity contribution >= 4 is 28.5 Å². The quantitative estimate of drug-likeness (QED) is 0.0424. The highest BCUT2D eigenvalue weighted by molar-refractivity contribution is 6.46. The van der Waals surface area contributed by atoms with Gasteiger partial charge in [-0.2, -0.15) is 0 Å². The van der Waals surface area contributed by atoms with Crippen molar-refractivity contribution in [3.05, 3.63) is 235 Å². The number of phenolic OH excluding ortho intramolecular Hbond substituents is 4. The Bertz CT molecular complexity index is 3780. The van der Waals surface area contributed by atoms with Gasteiger partial charge in [-0.1, -0.05) is 204 Å². The minimum absolute atomic E-state index is 0.0181. The van der Waals surface area contributed by atoms with Crippen molar-refractivity contribution in [3.63, 3.8) is 0 Å². The maximum atomic E-state index is 14.3. The topological polar surface area (TPSA) is 203 Å². The minimum Gasteiger partial charge on any atom is -0.535 e. The van der Waals surface area contributed by atoms with Crippen LogP contribution in [-0.4, -0.2) is 75.3 Å². The Morgan fingerprint density at radius 3 is 0.676 bits per heavy atom. The van der Waals surface area contributed by atoms with E-state index in [1.165, 1.54) is 0 Å². The van der Waals surface area contributed by atoms with Gasteiger partial charge in [-0.3, -0.25) is 0 Å². The van der Waals surface area contributed by atoms with Crippen LogP contribution in [0.2, 0.25) is 25.3 Å². The van der Waals surface area contributed by atoms with E-state index >= 15 is 0 Å². The van der Waals surface area contributed by atoms with Gasteiger partial charge in [-0.25, -0.2) is 0 Å². The largest absolute Gasteiger partial charge is 0.535 e. The Morgan fingerprint density at radius 1 is 0.306 bits per heavy atom. The van der Waals surface area contributed by atoms with Gasteiger partial charge in [0.25, 0.3) is 0 Å². The number of phenols is 4. The molecule has 16 nitrogen and oxygen atoms in total. The van der Waals surface area contributed by atoms with Crippen LogP contribution in [0.4, 0.5) is 0 Å². The molecule has 4 unspecified atom stereocenters. The van der Waals surface area contributed by atoms with E-state index in [1.807, 2.05) is 72.8 Å². The van der Waals surface area contributed by atoms with E-state index in [0.717, 1.165) is 44.5 Å². The van der Waals surface area contributed by atoms with Crippen molar-refractivity contribution in [3.8, 4) is 46.0 Å². The normalized spacial score (nSPS) is 21.6. The lowest BCUT2D eigenvalue weighted by atomic mass is 9.72. The van der Waals surface area contributed by atoms with Crippen molar-refractivity contribution in [2.45, 2.75) is 208 Å². The van der Waals surface area contributed by atoms with Gasteiger partial charge in [0.05, 0.1) is 50.6 Å². The molecule has 8 atom stereocenters. The van der Waals surface area contributed by atoms with Crippen LogP contribution in [-0.2, 0) is 44.8 Å². The Kier molecular flexibility index (Phi) is 25.7. The molecule has 8 aromatic rings. The number of fused-ring (bicyclic) bond motifs is 16. The van der Waals surface area contributed by atoms with E-state index in [0.29, 0.717) is 118 Å². The summed E-state index contributed by atoms with van der Waals surface area (Å²) in [6.45, 7) is 27.8. The summed E-state index contributed by atoms with van der Waals surface area (Å²) in [7, 11) is -3.03. The smallest absolute Gasteiger partial charge is 0.525 e. The molecule has 8 aromatic carbocycles. The van der Waals surface area contributed by atoms with Gasteiger partial charge in [-0.15, -0.1) is 0 Å². The first-order valence-electron chi connectivity index (χ1n) is 40.1. The van der Waals surface area contributed by atoms with Gasteiger partial charge in [0.1, 0.15) is 46.0 Å². The van der Waals surface area contributed by atoms with E-state index in [4.69, 9.17) is 37.2 Å². The fourth-order valence-corrected chi connectivity index (χ4v) is 16.9. The Morgan fingerprint density at radius 2 is 0.500 bits per heavy atom.